The predicted molar refractivity (Wildman–Crippen MR) is 67.4 cm³/mol. The number of Topliss-reactive ketones (excluding diaryl/α,β-unsaturated/α-hetero) is 1. The molecule has 2 aromatic rings. The van der Waals surface area contributed by atoms with Crippen LogP contribution in [0.2, 0.25) is 0 Å². The van der Waals surface area contributed by atoms with Gasteiger partial charge >= 0.3 is 0 Å². The van der Waals surface area contributed by atoms with Crippen LogP contribution in [0.4, 0.5) is 0 Å². The molecular formula is C10H12N4OS2. The van der Waals surface area contributed by atoms with E-state index in [9.17, 15) is 4.79 Å². The zero-order valence-electron chi connectivity index (χ0n) is 9.37. The second kappa shape index (κ2) is 5.92. The molecule has 0 spiro atoms. The summed E-state index contributed by atoms with van der Waals surface area (Å²) in [6.07, 6.45) is 1.42. The van der Waals surface area contributed by atoms with Crippen LogP contribution >= 0.6 is 23.1 Å². The van der Waals surface area contributed by atoms with Gasteiger partial charge in [0.25, 0.3) is 0 Å². The van der Waals surface area contributed by atoms with Gasteiger partial charge in [-0.2, -0.15) is 0 Å². The molecule has 17 heavy (non-hydrogen) atoms. The van der Waals surface area contributed by atoms with E-state index in [2.05, 4.69) is 15.5 Å². The second-order valence-corrected chi connectivity index (χ2v) is 5.45. The standard InChI is InChI=1S/C10H12N4OS2/c1-14-10(11-12-13-14)17-7-2-4-8(15)9-5-3-6-16-9/h3,5-6H,2,4,7H2,1H3. The molecule has 0 fully saturated rings. The lowest BCUT2D eigenvalue weighted by Gasteiger charge is -1.99. The first-order chi connectivity index (χ1) is 8.27. The fraction of sp³-hybridized carbons (Fsp3) is 0.400. The first kappa shape index (κ1) is 12.3. The molecule has 0 atom stereocenters. The van der Waals surface area contributed by atoms with Crippen molar-refractivity contribution in [1.29, 1.82) is 0 Å². The summed E-state index contributed by atoms with van der Waals surface area (Å²) in [7, 11) is 1.80. The molecule has 0 N–H and O–H groups in total. The number of carbonyl (C=O) groups is 1. The normalized spacial score (nSPS) is 10.6. The zero-order chi connectivity index (χ0) is 12.1. The molecule has 5 nitrogen and oxygen atoms in total. The number of aromatic nitrogens is 4. The molecule has 0 amide bonds. The van der Waals surface area contributed by atoms with Crippen LogP contribution in [0, 0.1) is 0 Å². The largest absolute Gasteiger partial charge is 0.293 e. The molecule has 2 rings (SSSR count). The number of aryl methyl sites for hydroxylation is 1. The second-order valence-electron chi connectivity index (χ2n) is 3.44. The Morgan fingerprint density at radius 2 is 2.47 bits per heavy atom. The number of rotatable bonds is 6. The molecule has 0 aliphatic heterocycles. The summed E-state index contributed by atoms with van der Waals surface area (Å²) in [5, 5.41) is 13.9. The number of carbonyl (C=O) groups excluding carboxylic acids is 1. The van der Waals surface area contributed by atoms with Crippen LogP contribution in [0.3, 0.4) is 0 Å². The van der Waals surface area contributed by atoms with Gasteiger partial charge in [0.05, 0.1) is 4.88 Å². The Morgan fingerprint density at radius 3 is 3.12 bits per heavy atom. The number of tetrazole rings is 1. The van der Waals surface area contributed by atoms with Crippen LogP contribution in [0.15, 0.2) is 22.7 Å². The van der Waals surface area contributed by atoms with E-state index in [1.807, 2.05) is 17.5 Å². The highest BCUT2D eigenvalue weighted by Gasteiger charge is 2.07. The third-order valence-corrected chi connectivity index (χ3v) is 4.16. The van der Waals surface area contributed by atoms with E-state index in [0.717, 1.165) is 22.2 Å². The summed E-state index contributed by atoms with van der Waals surface area (Å²) >= 11 is 3.07. The lowest BCUT2D eigenvalue weighted by Crippen LogP contribution is -1.98. The Morgan fingerprint density at radius 1 is 1.59 bits per heavy atom. The van der Waals surface area contributed by atoms with Gasteiger partial charge in [0.2, 0.25) is 5.16 Å². The van der Waals surface area contributed by atoms with E-state index in [4.69, 9.17) is 0 Å². The Bertz CT molecular complexity index is 480. The number of hydrogen-bond donors (Lipinski definition) is 0. The Kier molecular flexibility index (Phi) is 4.27. The quantitative estimate of drug-likeness (QED) is 0.456. The molecule has 0 saturated carbocycles. The van der Waals surface area contributed by atoms with Crippen molar-refractivity contribution in [1.82, 2.24) is 20.2 Å². The van der Waals surface area contributed by atoms with E-state index >= 15 is 0 Å². The number of ketones is 1. The van der Waals surface area contributed by atoms with Crippen molar-refractivity contribution in [3.63, 3.8) is 0 Å². The van der Waals surface area contributed by atoms with E-state index in [1.165, 1.54) is 11.3 Å². The zero-order valence-corrected chi connectivity index (χ0v) is 11.0. The molecule has 0 aliphatic rings. The molecule has 0 saturated heterocycles. The lowest BCUT2D eigenvalue weighted by molar-refractivity contribution is 0.0986. The topological polar surface area (TPSA) is 60.7 Å². The maximum atomic E-state index is 11.7. The van der Waals surface area contributed by atoms with Gasteiger partial charge in [-0.1, -0.05) is 17.8 Å². The summed E-state index contributed by atoms with van der Waals surface area (Å²) in [6.45, 7) is 0. The maximum Gasteiger partial charge on any atom is 0.209 e. The average molecular weight is 268 g/mol. The van der Waals surface area contributed by atoms with Gasteiger partial charge in [-0.3, -0.25) is 4.79 Å². The van der Waals surface area contributed by atoms with Crippen molar-refractivity contribution in [3.8, 4) is 0 Å². The predicted octanol–water partition coefficient (Wildman–Crippen LogP) is 2.03. The average Bonchev–Trinajstić information content (AvgIpc) is 2.96. The minimum absolute atomic E-state index is 0.219. The monoisotopic (exact) mass is 268 g/mol. The third-order valence-electron chi connectivity index (χ3n) is 2.16. The fourth-order valence-corrected chi connectivity index (χ4v) is 2.78. The smallest absolute Gasteiger partial charge is 0.209 e. The van der Waals surface area contributed by atoms with Gasteiger partial charge in [-0.25, -0.2) is 4.68 Å². The third kappa shape index (κ3) is 3.37. The molecule has 90 valence electrons. The van der Waals surface area contributed by atoms with Crippen molar-refractivity contribution in [2.75, 3.05) is 5.75 Å². The van der Waals surface area contributed by atoms with Gasteiger partial charge in [0, 0.05) is 19.2 Å². The maximum absolute atomic E-state index is 11.7. The lowest BCUT2D eigenvalue weighted by atomic mass is 10.2. The van der Waals surface area contributed by atoms with Gasteiger partial charge in [-0.15, -0.1) is 16.4 Å². The van der Waals surface area contributed by atoms with Gasteiger partial charge < -0.3 is 0 Å². The fourth-order valence-electron chi connectivity index (χ4n) is 1.30. The number of thiophene rings is 1. The highest BCUT2D eigenvalue weighted by Crippen LogP contribution is 2.17. The SMILES string of the molecule is Cn1nnnc1SCCCC(=O)c1cccs1. The highest BCUT2D eigenvalue weighted by atomic mass is 32.2. The molecule has 0 bridgehead atoms. The molecular weight excluding hydrogens is 256 g/mol. The molecule has 0 aromatic carbocycles. The van der Waals surface area contributed by atoms with Crippen LogP contribution in [0.5, 0.6) is 0 Å². The number of thioether (sulfide) groups is 1. The molecule has 2 aromatic heterocycles. The van der Waals surface area contributed by atoms with Gasteiger partial charge in [-0.05, 0) is 28.3 Å². The Labute approximate surface area is 107 Å². The van der Waals surface area contributed by atoms with E-state index < -0.39 is 0 Å². The van der Waals surface area contributed by atoms with Crippen molar-refractivity contribution in [2.45, 2.75) is 18.0 Å². The van der Waals surface area contributed by atoms with Gasteiger partial charge in [0.15, 0.2) is 5.78 Å². The summed E-state index contributed by atoms with van der Waals surface area (Å²) in [5.41, 5.74) is 0. The number of nitrogens with zero attached hydrogens (tertiary/aromatic N) is 4. The minimum Gasteiger partial charge on any atom is -0.293 e. The highest BCUT2D eigenvalue weighted by molar-refractivity contribution is 7.99. The first-order valence-electron chi connectivity index (χ1n) is 5.19. The van der Waals surface area contributed by atoms with Crippen molar-refractivity contribution in [2.24, 2.45) is 7.05 Å². The van der Waals surface area contributed by atoms with Crippen LogP contribution < -0.4 is 0 Å². The van der Waals surface area contributed by atoms with Crippen molar-refractivity contribution >= 4 is 28.9 Å². The molecule has 0 aliphatic carbocycles. The molecule has 0 unspecified atom stereocenters. The van der Waals surface area contributed by atoms with E-state index in [1.54, 1.807) is 23.5 Å². The van der Waals surface area contributed by atoms with E-state index in [0.29, 0.717) is 6.42 Å². The van der Waals surface area contributed by atoms with Crippen LogP contribution in [-0.2, 0) is 7.05 Å². The van der Waals surface area contributed by atoms with Gasteiger partial charge in [0.1, 0.15) is 0 Å². The molecule has 7 heteroatoms. The van der Waals surface area contributed by atoms with Crippen LogP contribution in [0.1, 0.15) is 22.5 Å². The Hall–Kier alpha value is -1.21. The summed E-state index contributed by atoms with van der Waals surface area (Å²) in [6, 6.07) is 3.77. The first-order valence-corrected chi connectivity index (χ1v) is 7.06. The summed E-state index contributed by atoms with van der Waals surface area (Å²) in [5.74, 6) is 1.07. The van der Waals surface area contributed by atoms with Crippen molar-refractivity contribution in [3.05, 3.63) is 22.4 Å². The minimum atomic E-state index is 0.219. The van der Waals surface area contributed by atoms with E-state index in [-0.39, 0.29) is 5.78 Å². The molecule has 2 heterocycles. The van der Waals surface area contributed by atoms with Crippen LogP contribution in [-0.4, -0.2) is 31.7 Å². The number of hydrogen-bond acceptors (Lipinski definition) is 6. The van der Waals surface area contributed by atoms with Crippen LogP contribution in [0.25, 0.3) is 0 Å². The Balaban J connectivity index is 1.70. The summed E-state index contributed by atoms with van der Waals surface area (Å²) in [4.78, 5) is 12.5. The molecule has 0 radical (unpaired) electrons. The summed E-state index contributed by atoms with van der Waals surface area (Å²) < 4.78 is 1.63. The van der Waals surface area contributed by atoms with Crippen molar-refractivity contribution < 1.29 is 4.79 Å².